The van der Waals surface area contributed by atoms with Gasteiger partial charge in [0.1, 0.15) is 18.4 Å². The monoisotopic (exact) mass is 434 g/mol. The van der Waals surface area contributed by atoms with E-state index in [4.69, 9.17) is 9.94 Å². The lowest BCUT2D eigenvalue weighted by Gasteiger charge is -2.23. The summed E-state index contributed by atoms with van der Waals surface area (Å²) in [4.78, 5) is 32.1. The van der Waals surface area contributed by atoms with Crippen molar-refractivity contribution in [2.75, 3.05) is 18.0 Å². The van der Waals surface area contributed by atoms with E-state index in [0.29, 0.717) is 25.4 Å². The molecule has 0 aliphatic carbocycles. The number of aromatic nitrogens is 1. The summed E-state index contributed by atoms with van der Waals surface area (Å²) in [5, 5.41) is 9.89. The number of rotatable bonds is 7. The Morgan fingerprint density at radius 1 is 1.19 bits per heavy atom. The molecular weight excluding hydrogens is 408 g/mol. The van der Waals surface area contributed by atoms with Crippen molar-refractivity contribution in [2.24, 2.45) is 0 Å². The number of ether oxygens (including phenoxy) is 1. The van der Waals surface area contributed by atoms with E-state index in [1.807, 2.05) is 48.5 Å². The summed E-state index contributed by atoms with van der Waals surface area (Å²) in [6.45, 7) is 4.94. The van der Waals surface area contributed by atoms with Gasteiger partial charge >= 0.3 is 6.03 Å². The number of carbonyl (C=O) groups is 2. The number of carbonyl (C=O) groups excluding carboxylic acids is 2. The van der Waals surface area contributed by atoms with E-state index < -0.39 is 11.9 Å². The average molecular weight is 434 g/mol. The van der Waals surface area contributed by atoms with Crippen LogP contribution in [0.3, 0.4) is 0 Å². The molecule has 2 aromatic carbocycles. The van der Waals surface area contributed by atoms with Gasteiger partial charge in [-0.2, -0.15) is 0 Å². The van der Waals surface area contributed by atoms with Crippen LogP contribution in [0.1, 0.15) is 25.1 Å². The molecule has 3 amide bonds. The summed E-state index contributed by atoms with van der Waals surface area (Å²) in [6.07, 6.45) is 0.853. The number of nitrogens with one attached hydrogen (secondary N) is 1. The van der Waals surface area contributed by atoms with Gasteiger partial charge in [-0.1, -0.05) is 25.1 Å². The highest BCUT2D eigenvalue weighted by Crippen LogP contribution is 2.26. The molecule has 2 heterocycles. The number of hydrogen-bond donors (Lipinski definition) is 2. The highest BCUT2D eigenvalue weighted by Gasteiger charge is 2.35. The van der Waals surface area contributed by atoms with E-state index in [-0.39, 0.29) is 6.03 Å². The van der Waals surface area contributed by atoms with Gasteiger partial charge in [0.05, 0.1) is 5.52 Å². The van der Waals surface area contributed by atoms with Crippen LogP contribution in [-0.2, 0) is 17.8 Å². The summed E-state index contributed by atoms with van der Waals surface area (Å²) in [7, 11) is 0. The van der Waals surface area contributed by atoms with Gasteiger partial charge in [0.2, 0.25) is 0 Å². The van der Waals surface area contributed by atoms with Crippen molar-refractivity contribution in [2.45, 2.75) is 32.9 Å². The third-order valence-electron chi connectivity index (χ3n) is 5.76. The molecule has 0 spiro atoms. The topological polar surface area (TPSA) is 95.0 Å². The summed E-state index contributed by atoms with van der Waals surface area (Å²) in [5.41, 5.74) is 5.39. The number of hydrogen-bond acceptors (Lipinski definition) is 5. The largest absolute Gasteiger partial charge is 0.489 e. The normalized spacial score (nSPS) is 14.7. The van der Waals surface area contributed by atoms with Gasteiger partial charge in [-0.3, -0.25) is 19.9 Å². The number of amides is 3. The average Bonchev–Trinajstić information content (AvgIpc) is 3.22. The molecule has 4 rings (SSSR count). The fourth-order valence-electron chi connectivity index (χ4n) is 3.88. The molecule has 2 N–H and O–H groups in total. The van der Waals surface area contributed by atoms with Crippen molar-refractivity contribution in [3.8, 4) is 5.75 Å². The van der Waals surface area contributed by atoms with Crippen LogP contribution in [-0.4, -0.2) is 46.2 Å². The number of benzene rings is 2. The molecule has 166 valence electrons. The van der Waals surface area contributed by atoms with E-state index in [2.05, 4.69) is 18.0 Å². The quantitative estimate of drug-likeness (QED) is 0.438. The number of anilines is 1. The first-order chi connectivity index (χ1) is 15.5. The number of hydroxylamine groups is 1. The fraction of sp³-hybridized carbons (Fsp3) is 0.292. The van der Waals surface area contributed by atoms with E-state index in [9.17, 15) is 9.59 Å². The third-order valence-corrected chi connectivity index (χ3v) is 5.76. The van der Waals surface area contributed by atoms with Crippen LogP contribution < -0.4 is 15.1 Å². The highest BCUT2D eigenvalue weighted by atomic mass is 16.5. The predicted molar refractivity (Wildman–Crippen MR) is 121 cm³/mol. The van der Waals surface area contributed by atoms with Crippen molar-refractivity contribution in [1.29, 1.82) is 0 Å². The number of para-hydroxylation sites is 1. The molecule has 1 aromatic heterocycles. The molecule has 1 saturated heterocycles. The van der Waals surface area contributed by atoms with Crippen molar-refractivity contribution in [3.05, 3.63) is 65.9 Å². The molecule has 8 nitrogen and oxygen atoms in total. The smallest absolute Gasteiger partial charge is 0.325 e. The van der Waals surface area contributed by atoms with Crippen LogP contribution in [0.25, 0.3) is 10.9 Å². The Labute approximate surface area is 186 Å². The van der Waals surface area contributed by atoms with Crippen molar-refractivity contribution in [1.82, 2.24) is 15.4 Å². The SMILES string of the molecule is CCc1cc(COc2ccc(N3CCN(C(C)C(=O)NO)C3=O)cc2)c2ccccc2n1. The molecular formula is C24H26N4O4. The Kier molecular flexibility index (Phi) is 6.23. The zero-order valence-corrected chi connectivity index (χ0v) is 18.1. The van der Waals surface area contributed by atoms with E-state index in [1.165, 1.54) is 4.90 Å². The lowest BCUT2D eigenvalue weighted by molar-refractivity contribution is -0.133. The molecule has 32 heavy (non-hydrogen) atoms. The maximum Gasteiger partial charge on any atom is 0.325 e. The van der Waals surface area contributed by atoms with Crippen LogP contribution in [0.2, 0.25) is 0 Å². The van der Waals surface area contributed by atoms with Gasteiger partial charge < -0.3 is 9.64 Å². The Morgan fingerprint density at radius 2 is 1.94 bits per heavy atom. The van der Waals surface area contributed by atoms with Crippen LogP contribution >= 0.6 is 0 Å². The number of nitrogens with zero attached hydrogens (tertiary/aromatic N) is 3. The Hall–Kier alpha value is -3.65. The summed E-state index contributed by atoms with van der Waals surface area (Å²) in [6, 6.07) is 16.4. The van der Waals surface area contributed by atoms with Gasteiger partial charge in [0.15, 0.2) is 0 Å². The first-order valence-electron chi connectivity index (χ1n) is 10.6. The van der Waals surface area contributed by atoms with Gasteiger partial charge in [0, 0.05) is 35.4 Å². The zero-order valence-electron chi connectivity index (χ0n) is 18.1. The molecule has 1 aliphatic rings. The van der Waals surface area contributed by atoms with E-state index in [1.54, 1.807) is 17.3 Å². The highest BCUT2D eigenvalue weighted by molar-refractivity contribution is 5.97. The second kappa shape index (κ2) is 9.23. The van der Waals surface area contributed by atoms with Gasteiger partial charge in [-0.15, -0.1) is 0 Å². The van der Waals surface area contributed by atoms with Gasteiger partial charge in [-0.25, -0.2) is 10.3 Å². The molecule has 0 bridgehead atoms. The van der Waals surface area contributed by atoms with Crippen LogP contribution in [0.5, 0.6) is 5.75 Å². The minimum atomic E-state index is -0.747. The summed E-state index contributed by atoms with van der Waals surface area (Å²) >= 11 is 0. The van der Waals surface area contributed by atoms with Crippen LogP contribution in [0.4, 0.5) is 10.5 Å². The second-order valence-electron chi connectivity index (χ2n) is 7.71. The van der Waals surface area contributed by atoms with E-state index in [0.717, 1.165) is 34.3 Å². The number of fused-ring (bicyclic) bond motifs is 1. The minimum absolute atomic E-state index is 0.273. The predicted octanol–water partition coefficient (Wildman–Crippen LogP) is 3.51. The van der Waals surface area contributed by atoms with Gasteiger partial charge in [-0.05, 0) is 49.7 Å². The molecule has 3 aromatic rings. The standard InChI is InChI=1S/C24H26N4O4/c1-3-18-14-17(21-6-4-5-7-22(21)25-18)15-32-20-10-8-19(9-11-20)28-13-12-27(24(28)30)16(2)23(29)26-31/h4-11,14,16,31H,3,12-13,15H2,1-2H3,(H,26,29). The molecule has 1 aliphatic heterocycles. The minimum Gasteiger partial charge on any atom is -0.489 e. The maximum absolute atomic E-state index is 12.7. The Morgan fingerprint density at radius 3 is 2.66 bits per heavy atom. The molecule has 0 radical (unpaired) electrons. The molecule has 1 atom stereocenters. The fourth-order valence-corrected chi connectivity index (χ4v) is 3.88. The zero-order chi connectivity index (χ0) is 22.7. The Balaban J connectivity index is 1.45. The maximum atomic E-state index is 12.7. The van der Waals surface area contributed by atoms with Crippen LogP contribution in [0.15, 0.2) is 54.6 Å². The van der Waals surface area contributed by atoms with Crippen molar-refractivity contribution >= 4 is 28.5 Å². The summed E-state index contributed by atoms with van der Waals surface area (Å²) in [5.74, 6) is 0.0861. The van der Waals surface area contributed by atoms with Crippen molar-refractivity contribution in [3.63, 3.8) is 0 Å². The molecule has 1 unspecified atom stereocenters. The first kappa shape index (κ1) is 21.6. The molecule has 8 heteroatoms. The van der Waals surface area contributed by atoms with E-state index >= 15 is 0 Å². The first-order valence-corrected chi connectivity index (χ1v) is 10.6. The van der Waals surface area contributed by atoms with Gasteiger partial charge in [0.25, 0.3) is 5.91 Å². The lowest BCUT2D eigenvalue weighted by atomic mass is 10.1. The lowest BCUT2D eigenvalue weighted by Crippen LogP contribution is -2.46. The molecule has 0 saturated carbocycles. The number of urea groups is 1. The van der Waals surface area contributed by atoms with Crippen LogP contribution in [0, 0.1) is 0 Å². The third kappa shape index (κ3) is 4.22. The summed E-state index contributed by atoms with van der Waals surface area (Å²) < 4.78 is 6.03. The second-order valence-corrected chi connectivity index (χ2v) is 7.71. The number of pyridine rings is 1. The molecule has 1 fully saturated rings. The van der Waals surface area contributed by atoms with Crippen molar-refractivity contribution < 1.29 is 19.5 Å². The number of aryl methyl sites for hydroxylation is 1. The Bertz CT molecular complexity index is 1130.